The van der Waals surface area contributed by atoms with E-state index < -0.39 is 0 Å². The Morgan fingerprint density at radius 2 is 2.05 bits per heavy atom. The zero-order valence-electron chi connectivity index (χ0n) is 12.9. The molecule has 1 aromatic rings. The maximum Gasteiger partial charge on any atom is 0.239 e. The quantitative estimate of drug-likeness (QED) is 0.891. The summed E-state index contributed by atoms with van der Waals surface area (Å²) >= 11 is 0. The standard InChI is InChI=1S/C16H24N2O2.ClH/c1-11-5-4-6-12(2)14(11)7-8-18-16(19)15-13(3)20-10-9-17-15;/h4-6,13,15,17H,7-10H2,1-3H3,(H,18,19);1H/t13-,15+;/m1./s1. The Bertz CT molecular complexity index is 459. The first-order valence-electron chi connectivity index (χ1n) is 7.27. The third kappa shape index (κ3) is 4.70. The van der Waals surface area contributed by atoms with Crippen molar-refractivity contribution in [3.05, 3.63) is 34.9 Å². The molecule has 0 spiro atoms. The summed E-state index contributed by atoms with van der Waals surface area (Å²) in [6.07, 6.45) is 0.801. The summed E-state index contributed by atoms with van der Waals surface area (Å²) in [6.45, 7) is 8.23. The largest absolute Gasteiger partial charge is 0.375 e. The Kier molecular flexibility index (Phi) is 7.15. The summed E-state index contributed by atoms with van der Waals surface area (Å²) in [5.74, 6) is 0.0310. The number of carbonyl (C=O) groups excluding carboxylic acids is 1. The average Bonchev–Trinajstić information content (AvgIpc) is 2.42. The Morgan fingerprint density at radius 1 is 1.38 bits per heavy atom. The van der Waals surface area contributed by atoms with Crippen LogP contribution in [0.5, 0.6) is 0 Å². The van der Waals surface area contributed by atoms with Crippen LogP contribution in [0, 0.1) is 13.8 Å². The molecule has 1 aliphatic rings. The van der Waals surface area contributed by atoms with Crippen LogP contribution in [0.4, 0.5) is 0 Å². The van der Waals surface area contributed by atoms with Gasteiger partial charge in [0.15, 0.2) is 0 Å². The van der Waals surface area contributed by atoms with Crippen LogP contribution in [0.15, 0.2) is 18.2 Å². The van der Waals surface area contributed by atoms with Gasteiger partial charge in [0.05, 0.1) is 12.7 Å². The molecule has 0 saturated carbocycles. The molecular weight excluding hydrogens is 288 g/mol. The number of amides is 1. The van der Waals surface area contributed by atoms with E-state index in [0.717, 1.165) is 13.0 Å². The van der Waals surface area contributed by atoms with Crippen molar-refractivity contribution in [2.24, 2.45) is 0 Å². The van der Waals surface area contributed by atoms with Crippen LogP contribution in [0.25, 0.3) is 0 Å². The second-order valence-electron chi connectivity index (χ2n) is 5.42. The molecule has 5 heteroatoms. The van der Waals surface area contributed by atoms with Crippen molar-refractivity contribution < 1.29 is 9.53 Å². The fourth-order valence-corrected chi connectivity index (χ4v) is 2.69. The lowest BCUT2D eigenvalue weighted by molar-refractivity contribution is -0.128. The van der Waals surface area contributed by atoms with Gasteiger partial charge in [-0.05, 0) is 43.9 Å². The van der Waals surface area contributed by atoms with E-state index in [1.165, 1.54) is 16.7 Å². The fourth-order valence-electron chi connectivity index (χ4n) is 2.69. The first-order chi connectivity index (χ1) is 9.59. The number of aryl methyl sites for hydroxylation is 2. The highest BCUT2D eigenvalue weighted by Crippen LogP contribution is 2.13. The van der Waals surface area contributed by atoms with Gasteiger partial charge < -0.3 is 15.4 Å². The van der Waals surface area contributed by atoms with Crippen LogP contribution < -0.4 is 10.6 Å². The van der Waals surface area contributed by atoms with Crippen molar-refractivity contribution in [2.45, 2.75) is 39.3 Å². The number of rotatable bonds is 4. The lowest BCUT2D eigenvalue weighted by atomic mass is 10.00. The second-order valence-corrected chi connectivity index (χ2v) is 5.42. The van der Waals surface area contributed by atoms with Crippen molar-refractivity contribution >= 4 is 18.3 Å². The summed E-state index contributed by atoms with van der Waals surface area (Å²) < 4.78 is 5.49. The molecule has 2 N–H and O–H groups in total. The molecule has 1 aromatic carbocycles. The lowest BCUT2D eigenvalue weighted by Gasteiger charge is -2.29. The highest BCUT2D eigenvalue weighted by molar-refractivity contribution is 5.85. The van der Waals surface area contributed by atoms with Crippen LogP contribution in [-0.2, 0) is 16.0 Å². The first-order valence-corrected chi connectivity index (χ1v) is 7.27. The predicted molar refractivity (Wildman–Crippen MR) is 87.1 cm³/mol. The average molecular weight is 313 g/mol. The number of ether oxygens (including phenoxy) is 1. The van der Waals surface area contributed by atoms with Gasteiger partial charge in [-0.2, -0.15) is 0 Å². The molecule has 1 fully saturated rings. The number of hydrogen-bond acceptors (Lipinski definition) is 3. The molecule has 1 saturated heterocycles. The molecule has 0 aromatic heterocycles. The van der Waals surface area contributed by atoms with Gasteiger partial charge in [-0.25, -0.2) is 0 Å². The minimum atomic E-state index is -0.235. The molecule has 0 aliphatic carbocycles. The first kappa shape index (κ1) is 18.0. The van der Waals surface area contributed by atoms with E-state index in [-0.39, 0.29) is 30.5 Å². The van der Waals surface area contributed by atoms with Gasteiger partial charge in [-0.3, -0.25) is 4.79 Å². The molecule has 0 unspecified atom stereocenters. The van der Waals surface area contributed by atoms with E-state index in [4.69, 9.17) is 4.74 Å². The van der Waals surface area contributed by atoms with E-state index in [2.05, 4.69) is 42.7 Å². The molecule has 1 aliphatic heterocycles. The van der Waals surface area contributed by atoms with Crippen LogP contribution in [0.1, 0.15) is 23.6 Å². The number of morpholine rings is 1. The van der Waals surface area contributed by atoms with Crippen LogP contribution in [-0.4, -0.2) is 37.7 Å². The van der Waals surface area contributed by atoms with Gasteiger partial charge in [-0.15, -0.1) is 12.4 Å². The molecule has 21 heavy (non-hydrogen) atoms. The Labute approximate surface area is 133 Å². The van der Waals surface area contributed by atoms with E-state index in [1.807, 2.05) is 6.92 Å². The van der Waals surface area contributed by atoms with Gasteiger partial charge in [0.2, 0.25) is 5.91 Å². The minimum Gasteiger partial charge on any atom is -0.375 e. The molecule has 2 atom stereocenters. The van der Waals surface area contributed by atoms with Crippen molar-refractivity contribution in [1.82, 2.24) is 10.6 Å². The zero-order chi connectivity index (χ0) is 14.5. The number of halogens is 1. The Morgan fingerprint density at radius 3 is 2.67 bits per heavy atom. The van der Waals surface area contributed by atoms with Crippen molar-refractivity contribution in [1.29, 1.82) is 0 Å². The summed E-state index contributed by atoms with van der Waals surface area (Å²) in [7, 11) is 0. The van der Waals surface area contributed by atoms with E-state index in [9.17, 15) is 4.79 Å². The summed E-state index contributed by atoms with van der Waals surface area (Å²) in [5, 5.41) is 6.21. The SMILES string of the molecule is Cc1cccc(C)c1CCNC(=O)[C@H]1NCCO[C@@H]1C.Cl. The molecular formula is C16H25ClN2O2. The molecule has 1 amide bonds. The number of hydrogen-bond donors (Lipinski definition) is 2. The van der Waals surface area contributed by atoms with Crippen molar-refractivity contribution in [3.8, 4) is 0 Å². The Balaban J connectivity index is 0.00000220. The predicted octanol–water partition coefficient (Wildman–Crippen LogP) is 1.76. The molecule has 0 bridgehead atoms. The van der Waals surface area contributed by atoms with Crippen LogP contribution in [0.3, 0.4) is 0 Å². The molecule has 118 valence electrons. The zero-order valence-corrected chi connectivity index (χ0v) is 13.8. The van der Waals surface area contributed by atoms with Gasteiger partial charge >= 0.3 is 0 Å². The monoisotopic (exact) mass is 312 g/mol. The second kappa shape index (κ2) is 8.37. The van der Waals surface area contributed by atoms with Crippen LogP contribution in [0.2, 0.25) is 0 Å². The van der Waals surface area contributed by atoms with Crippen molar-refractivity contribution in [3.63, 3.8) is 0 Å². The Hall–Kier alpha value is -1.10. The lowest BCUT2D eigenvalue weighted by Crippen LogP contribution is -2.55. The highest BCUT2D eigenvalue weighted by Gasteiger charge is 2.27. The minimum absolute atomic E-state index is 0. The van der Waals surface area contributed by atoms with Gasteiger partial charge in [0.25, 0.3) is 0 Å². The van der Waals surface area contributed by atoms with Gasteiger partial charge in [-0.1, -0.05) is 18.2 Å². The molecule has 2 rings (SSSR count). The van der Waals surface area contributed by atoms with Crippen LogP contribution >= 0.6 is 12.4 Å². The number of nitrogens with one attached hydrogen (secondary N) is 2. The number of benzene rings is 1. The third-order valence-corrected chi connectivity index (χ3v) is 3.92. The molecule has 0 radical (unpaired) electrons. The van der Waals surface area contributed by atoms with E-state index >= 15 is 0 Å². The number of carbonyl (C=O) groups is 1. The summed E-state index contributed by atoms with van der Waals surface area (Å²) in [6, 6.07) is 6.06. The maximum absolute atomic E-state index is 12.1. The molecule has 4 nitrogen and oxygen atoms in total. The molecule has 1 heterocycles. The van der Waals surface area contributed by atoms with Gasteiger partial charge in [0.1, 0.15) is 6.04 Å². The normalized spacial score (nSPS) is 21.5. The fraction of sp³-hybridized carbons (Fsp3) is 0.562. The highest BCUT2D eigenvalue weighted by atomic mass is 35.5. The summed E-state index contributed by atoms with van der Waals surface area (Å²) in [5.41, 5.74) is 3.90. The summed E-state index contributed by atoms with van der Waals surface area (Å²) in [4.78, 5) is 12.1. The van der Waals surface area contributed by atoms with Gasteiger partial charge in [0, 0.05) is 13.1 Å². The van der Waals surface area contributed by atoms with E-state index in [0.29, 0.717) is 13.2 Å². The van der Waals surface area contributed by atoms with Crippen molar-refractivity contribution in [2.75, 3.05) is 19.7 Å². The smallest absolute Gasteiger partial charge is 0.239 e. The topological polar surface area (TPSA) is 50.4 Å². The third-order valence-electron chi connectivity index (χ3n) is 3.92. The van der Waals surface area contributed by atoms with E-state index in [1.54, 1.807) is 0 Å². The maximum atomic E-state index is 12.1.